The summed E-state index contributed by atoms with van der Waals surface area (Å²) >= 11 is 0. The van der Waals surface area contributed by atoms with Crippen molar-refractivity contribution in [1.29, 1.82) is 0 Å². The number of nitrogen functional groups attached to an aromatic ring is 1. The van der Waals surface area contributed by atoms with Crippen LogP contribution in [-0.4, -0.2) is 20.7 Å². The van der Waals surface area contributed by atoms with Crippen molar-refractivity contribution in [1.82, 2.24) is 14.8 Å². The van der Waals surface area contributed by atoms with Crippen molar-refractivity contribution >= 4 is 17.5 Å². The standard InChI is InChI=1S/C19H17F4N5O/c1-10(2)28-14(9-15(27-28)19(21,22)23)12-7-8-16(25-17(12)24)26-18(29)11-5-3-4-6-13(11)20/h3-10H,1-2H3,(H3,24,25,26,29). The minimum Gasteiger partial charge on any atom is -0.383 e. The fourth-order valence-electron chi connectivity index (χ4n) is 2.72. The molecule has 0 unspecified atom stereocenters. The van der Waals surface area contributed by atoms with E-state index in [1.54, 1.807) is 13.8 Å². The fourth-order valence-corrected chi connectivity index (χ4v) is 2.72. The van der Waals surface area contributed by atoms with Gasteiger partial charge in [-0.3, -0.25) is 9.48 Å². The average molecular weight is 407 g/mol. The van der Waals surface area contributed by atoms with Gasteiger partial charge in [0.1, 0.15) is 17.5 Å². The Morgan fingerprint density at radius 1 is 1.17 bits per heavy atom. The molecule has 2 heterocycles. The van der Waals surface area contributed by atoms with E-state index in [1.807, 2.05) is 0 Å². The third kappa shape index (κ3) is 4.20. The van der Waals surface area contributed by atoms with E-state index in [0.717, 1.165) is 12.1 Å². The molecule has 0 aliphatic heterocycles. The van der Waals surface area contributed by atoms with E-state index >= 15 is 0 Å². The number of nitrogens with one attached hydrogen (secondary N) is 1. The van der Waals surface area contributed by atoms with Gasteiger partial charge >= 0.3 is 6.18 Å². The SMILES string of the molecule is CC(C)n1nc(C(F)(F)F)cc1-c1ccc(NC(=O)c2ccccc2F)nc1N. The molecule has 2 aromatic heterocycles. The zero-order valence-corrected chi connectivity index (χ0v) is 15.5. The first-order chi connectivity index (χ1) is 13.6. The summed E-state index contributed by atoms with van der Waals surface area (Å²) in [6.45, 7) is 3.37. The van der Waals surface area contributed by atoms with Crippen LogP contribution in [0.4, 0.5) is 29.2 Å². The average Bonchev–Trinajstić information content (AvgIpc) is 3.08. The quantitative estimate of drug-likeness (QED) is 0.623. The number of anilines is 2. The summed E-state index contributed by atoms with van der Waals surface area (Å²) in [5.41, 5.74) is 5.08. The van der Waals surface area contributed by atoms with E-state index in [-0.39, 0.29) is 34.5 Å². The number of hydrogen-bond donors (Lipinski definition) is 2. The molecule has 0 bridgehead atoms. The van der Waals surface area contributed by atoms with Crippen LogP contribution >= 0.6 is 0 Å². The maximum absolute atomic E-state index is 13.7. The van der Waals surface area contributed by atoms with Gasteiger partial charge in [0.05, 0.1) is 11.3 Å². The molecular formula is C19H17F4N5O. The molecule has 0 aliphatic carbocycles. The summed E-state index contributed by atoms with van der Waals surface area (Å²) in [6.07, 6.45) is -4.61. The van der Waals surface area contributed by atoms with E-state index in [2.05, 4.69) is 15.4 Å². The lowest BCUT2D eigenvalue weighted by Gasteiger charge is -2.13. The van der Waals surface area contributed by atoms with Gasteiger partial charge in [0, 0.05) is 11.6 Å². The van der Waals surface area contributed by atoms with E-state index in [9.17, 15) is 22.4 Å². The molecule has 3 aromatic rings. The van der Waals surface area contributed by atoms with Gasteiger partial charge in [-0.25, -0.2) is 9.37 Å². The number of hydrogen-bond acceptors (Lipinski definition) is 4. The van der Waals surface area contributed by atoms with Gasteiger partial charge in [0.25, 0.3) is 5.91 Å². The van der Waals surface area contributed by atoms with Gasteiger partial charge in [0.15, 0.2) is 5.69 Å². The lowest BCUT2D eigenvalue weighted by molar-refractivity contribution is -0.141. The van der Waals surface area contributed by atoms with Crippen molar-refractivity contribution in [3.8, 4) is 11.3 Å². The molecule has 29 heavy (non-hydrogen) atoms. The Kier molecular flexibility index (Phi) is 5.27. The zero-order valence-electron chi connectivity index (χ0n) is 15.5. The molecule has 0 atom stereocenters. The highest BCUT2D eigenvalue weighted by Gasteiger charge is 2.35. The van der Waals surface area contributed by atoms with Crippen LogP contribution in [0, 0.1) is 5.82 Å². The molecule has 0 aliphatic rings. The summed E-state index contributed by atoms with van der Waals surface area (Å²) in [7, 11) is 0. The summed E-state index contributed by atoms with van der Waals surface area (Å²) in [6, 6.07) is 8.74. The normalized spacial score (nSPS) is 11.7. The highest BCUT2D eigenvalue weighted by molar-refractivity contribution is 6.04. The van der Waals surface area contributed by atoms with Crippen molar-refractivity contribution in [3.05, 3.63) is 59.5 Å². The fraction of sp³-hybridized carbons (Fsp3) is 0.211. The van der Waals surface area contributed by atoms with Crippen molar-refractivity contribution in [2.24, 2.45) is 0 Å². The molecule has 1 amide bonds. The predicted octanol–water partition coefficient (Wildman–Crippen LogP) is 4.52. The van der Waals surface area contributed by atoms with Gasteiger partial charge in [-0.05, 0) is 44.2 Å². The minimum atomic E-state index is -4.61. The Hall–Kier alpha value is -3.43. The van der Waals surface area contributed by atoms with Crippen molar-refractivity contribution in [3.63, 3.8) is 0 Å². The maximum Gasteiger partial charge on any atom is 0.435 e. The molecule has 1 aromatic carbocycles. The lowest BCUT2D eigenvalue weighted by Crippen LogP contribution is -2.15. The number of pyridine rings is 1. The number of nitrogens with two attached hydrogens (primary N) is 1. The molecule has 3 N–H and O–H groups in total. The van der Waals surface area contributed by atoms with Gasteiger partial charge in [0.2, 0.25) is 0 Å². The Morgan fingerprint density at radius 3 is 2.45 bits per heavy atom. The third-order valence-corrected chi connectivity index (χ3v) is 4.08. The van der Waals surface area contributed by atoms with Crippen molar-refractivity contribution in [2.45, 2.75) is 26.1 Å². The van der Waals surface area contributed by atoms with Crippen LogP contribution < -0.4 is 11.1 Å². The van der Waals surface area contributed by atoms with Crippen LogP contribution in [0.1, 0.15) is 35.9 Å². The number of nitrogens with zero attached hydrogens (tertiary/aromatic N) is 3. The predicted molar refractivity (Wildman–Crippen MR) is 99.6 cm³/mol. The molecule has 0 saturated carbocycles. The monoisotopic (exact) mass is 407 g/mol. The van der Waals surface area contributed by atoms with Crippen LogP contribution in [0.25, 0.3) is 11.3 Å². The number of carbonyl (C=O) groups is 1. The Morgan fingerprint density at radius 2 is 1.86 bits per heavy atom. The molecular weight excluding hydrogens is 390 g/mol. The van der Waals surface area contributed by atoms with Crippen molar-refractivity contribution in [2.75, 3.05) is 11.1 Å². The van der Waals surface area contributed by atoms with E-state index in [1.165, 1.54) is 35.0 Å². The molecule has 0 spiro atoms. The van der Waals surface area contributed by atoms with Gasteiger partial charge in [-0.15, -0.1) is 0 Å². The highest BCUT2D eigenvalue weighted by Crippen LogP contribution is 2.35. The largest absolute Gasteiger partial charge is 0.435 e. The number of halogens is 4. The molecule has 3 rings (SSSR count). The number of benzene rings is 1. The Labute approximate surface area is 163 Å². The van der Waals surface area contributed by atoms with Crippen LogP contribution in [0.15, 0.2) is 42.5 Å². The van der Waals surface area contributed by atoms with E-state index in [0.29, 0.717) is 0 Å². The zero-order chi connectivity index (χ0) is 21.3. The van der Waals surface area contributed by atoms with Crippen LogP contribution in [-0.2, 0) is 6.18 Å². The number of rotatable bonds is 4. The molecule has 0 radical (unpaired) electrons. The molecule has 10 heteroatoms. The second-order valence-corrected chi connectivity index (χ2v) is 6.51. The Balaban J connectivity index is 1.93. The number of amides is 1. The second kappa shape index (κ2) is 7.53. The first kappa shape index (κ1) is 20.3. The smallest absolute Gasteiger partial charge is 0.383 e. The van der Waals surface area contributed by atoms with Crippen molar-refractivity contribution < 1.29 is 22.4 Å². The molecule has 0 fully saturated rings. The summed E-state index contributed by atoms with van der Waals surface area (Å²) in [4.78, 5) is 16.2. The topological polar surface area (TPSA) is 85.8 Å². The van der Waals surface area contributed by atoms with Crippen LogP contribution in [0.2, 0.25) is 0 Å². The van der Waals surface area contributed by atoms with Gasteiger partial charge < -0.3 is 11.1 Å². The number of aromatic nitrogens is 3. The molecule has 6 nitrogen and oxygen atoms in total. The second-order valence-electron chi connectivity index (χ2n) is 6.51. The van der Waals surface area contributed by atoms with Crippen LogP contribution in [0.3, 0.4) is 0 Å². The van der Waals surface area contributed by atoms with E-state index < -0.39 is 23.6 Å². The summed E-state index contributed by atoms with van der Waals surface area (Å²) in [5.74, 6) is -1.50. The molecule has 152 valence electrons. The van der Waals surface area contributed by atoms with Gasteiger partial charge in [-0.2, -0.15) is 18.3 Å². The van der Waals surface area contributed by atoms with E-state index in [4.69, 9.17) is 5.73 Å². The number of carbonyl (C=O) groups excluding carboxylic acids is 1. The molecule has 0 saturated heterocycles. The minimum absolute atomic E-state index is 0.0335. The first-order valence-electron chi connectivity index (χ1n) is 8.57. The van der Waals surface area contributed by atoms with Gasteiger partial charge in [-0.1, -0.05) is 12.1 Å². The number of alkyl halides is 3. The lowest BCUT2D eigenvalue weighted by atomic mass is 10.1. The highest BCUT2D eigenvalue weighted by atomic mass is 19.4. The summed E-state index contributed by atoms with van der Waals surface area (Å²) < 4.78 is 54.1. The summed E-state index contributed by atoms with van der Waals surface area (Å²) in [5, 5.41) is 6.03. The maximum atomic E-state index is 13.7. The third-order valence-electron chi connectivity index (χ3n) is 4.08. The first-order valence-corrected chi connectivity index (χ1v) is 8.57. The Bertz CT molecular complexity index is 1060. The van der Waals surface area contributed by atoms with Crippen LogP contribution in [0.5, 0.6) is 0 Å².